The van der Waals surface area contributed by atoms with Gasteiger partial charge in [0.25, 0.3) is 0 Å². The van der Waals surface area contributed by atoms with Crippen LogP contribution in [0.4, 0.5) is 0 Å². The molecule has 8 atom stereocenters. The highest BCUT2D eigenvalue weighted by Gasteiger charge is 2.57. The van der Waals surface area contributed by atoms with Gasteiger partial charge < -0.3 is 15.5 Å². The molecule has 1 aromatic carbocycles. The molecule has 2 bridgehead atoms. The molecule has 1 unspecified atom stereocenters. The fraction of sp³-hybridized carbons (Fsp3) is 0.708. The quantitative estimate of drug-likeness (QED) is 0.482. The van der Waals surface area contributed by atoms with Crippen molar-refractivity contribution in [2.75, 3.05) is 6.61 Å². The molecule has 7 heteroatoms. The molecule has 3 N–H and O–H groups in total. The monoisotopic (exact) mass is 542 g/mol. The molecular weight excluding hydrogens is 507 g/mol. The number of benzene rings is 1. The number of nitrogens with one attached hydrogen (secondary N) is 1. The minimum Gasteiger partial charge on any atom is -0.394 e. The predicted molar refractivity (Wildman–Crippen MR) is 127 cm³/mol. The minimum absolute atomic E-state index is 0.108. The summed E-state index contributed by atoms with van der Waals surface area (Å²) in [5.41, 5.74) is 1.39. The first-order chi connectivity index (χ1) is 14.6. The largest absolute Gasteiger partial charge is 0.394 e. The highest BCUT2D eigenvalue weighted by Crippen LogP contribution is 2.61. The molecule has 0 radical (unpaired) electrons. The molecule has 1 amide bonds. The molecule has 1 heterocycles. The molecule has 6 nitrogen and oxygen atoms in total. The minimum atomic E-state index is -0.773. The summed E-state index contributed by atoms with van der Waals surface area (Å²) in [6.07, 6.45) is 0.887. The predicted octanol–water partition coefficient (Wildman–Crippen LogP) is 2.95. The number of fused-ring (bicyclic) bond motifs is 2. The SMILES string of the molecule is CC(O)[C@@H]1[C@H](CO)ON(Cc2cccc(I)c2)[C@@H]1C(=O)N[C@H]1C[C@H]2C[C@@H]([C@@H]1C)C2(C)C. The van der Waals surface area contributed by atoms with E-state index in [9.17, 15) is 15.0 Å². The van der Waals surface area contributed by atoms with Crippen molar-refractivity contribution in [2.24, 2.45) is 29.1 Å². The number of carbonyl (C=O) groups is 1. The van der Waals surface area contributed by atoms with E-state index in [0.29, 0.717) is 29.7 Å². The Hall–Kier alpha value is -0.740. The van der Waals surface area contributed by atoms with Crippen LogP contribution in [-0.2, 0) is 16.2 Å². The normalized spacial score (nSPS) is 37.8. The Bertz CT molecular complexity index is 817. The van der Waals surface area contributed by atoms with Gasteiger partial charge in [0.05, 0.1) is 19.3 Å². The summed E-state index contributed by atoms with van der Waals surface area (Å²) in [6, 6.07) is 7.56. The number of hydrogen-bond donors (Lipinski definition) is 3. The van der Waals surface area contributed by atoms with Crippen molar-refractivity contribution in [3.8, 4) is 0 Å². The van der Waals surface area contributed by atoms with E-state index >= 15 is 0 Å². The number of aliphatic hydroxyl groups excluding tert-OH is 2. The van der Waals surface area contributed by atoms with Crippen LogP contribution in [0, 0.1) is 32.7 Å². The average Bonchev–Trinajstić information content (AvgIpc) is 3.07. The van der Waals surface area contributed by atoms with Gasteiger partial charge >= 0.3 is 0 Å². The van der Waals surface area contributed by atoms with Gasteiger partial charge in [-0.2, -0.15) is 5.06 Å². The first-order valence-corrected chi connectivity index (χ1v) is 12.5. The van der Waals surface area contributed by atoms with E-state index in [-0.39, 0.29) is 18.6 Å². The summed E-state index contributed by atoms with van der Waals surface area (Å²) in [5.74, 6) is 1.12. The fourth-order valence-electron chi connectivity index (χ4n) is 6.30. The Balaban J connectivity index is 1.53. The van der Waals surface area contributed by atoms with Crippen molar-refractivity contribution in [3.05, 3.63) is 33.4 Å². The highest BCUT2D eigenvalue weighted by molar-refractivity contribution is 14.1. The molecule has 1 aromatic rings. The Morgan fingerprint density at radius 3 is 2.71 bits per heavy atom. The van der Waals surface area contributed by atoms with Crippen LogP contribution in [0.5, 0.6) is 0 Å². The molecule has 3 saturated carbocycles. The number of halogens is 1. The van der Waals surface area contributed by atoms with E-state index in [1.807, 2.05) is 18.2 Å². The maximum atomic E-state index is 13.6. The second-order valence-electron chi connectivity index (χ2n) is 10.4. The second kappa shape index (κ2) is 8.89. The lowest BCUT2D eigenvalue weighted by molar-refractivity contribution is -0.183. The number of rotatable bonds is 6. The number of amides is 1. The fourth-order valence-corrected chi connectivity index (χ4v) is 6.91. The molecule has 4 aliphatic rings. The van der Waals surface area contributed by atoms with Gasteiger partial charge in [0.2, 0.25) is 5.91 Å². The van der Waals surface area contributed by atoms with Crippen LogP contribution in [-0.4, -0.2) is 52.1 Å². The van der Waals surface area contributed by atoms with Gasteiger partial charge in [-0.1, -0.05) is 32.9 Å². The number of aliphatic hydroxyl groups is 2. The molecule has 1 aliphatic heterocycles. The molecule has 172 valence electrons. The van der Waals surface area contributed by atoms with Crippen molar-refractivity contribution in [3.63, 3.8) is 0 Å². The summed E-state index contributed by atoms with van der Waals surface area (Å²) < 4.78 is 1.11. The third kappa shape index (κ3) is 4.28. The van der Waals surface area contributed by atoms with Crippen molar-refractivity contribution < 1.29 is 19.8 Å². The van der Waals surface area contributed by atoms with Gasteiger partial charge in [-0.05, 0) is 83.2 Å². The van der Waals surface area contributed by atoms with Crippen LogP contribution in [0.3, 0.4) is 0 Å². The third-order valence-electron chi connectivity index (χ3n) is 8.29. The Labute approximate surface area is 198 Å². The van der Waals surface area contributed by atoms with E-state index in [1.54, 1.807) is 12.0 Å². The van der Waals surface area contributed by atoms with Gasteiger partial charge in [0, 0.05) is 15.5 Å². The van der Waals surface area contributed by atoms with Gasteiger partial charge in [-0.3, -0.25) is 9.63 Å². The van der Waals surface area contributed by atoms with Crippen LogP contribution >= 0.6 is 22.6 Å². The van der Waals surface area contributed by atoms with Gasteiger partial charge in [0.1, 0.15) is 12.1 Å². The number of hydroxylamine groups is 2. The zero-order valence-electron chi connectivity index (χ0n) is 18.8. The highest BCUT2D eigenvalue weighted by atomic mass is 127. The first kappa shape index (κ1) is 23.4. The molecular formula is C24H35IN2O4. The number of nitrogens with zero attached hydrogens (tertiary/aromatic N) is 1. The summed E-state index contributed by atoms with van der Waals surface area (Å²) in [5, 5.41) is 25.3. The molecule has 0 aromatic heterocycles. The van der Waals surface area contributed by atoms with Crippen LogP contribution in [0.25, 0.3) is 0 Å². The Kier molecular flexibility index (Phi) is 6.72. The maximum absolute atomic E-state index is 13.6. The zero-order chi connectivity index (χ0) is 22.5. The molecule has 1 saturated heterocycles. The summed E-state index contributed by atoms with van der Waals surface area (Å²) in [6.45, 7) is 8.82. The summed E-state index contributed by atoms with van der Waals surface area (Å²) >= 11 is 2.27. The van der Waals surface area contributed by atoms with E-state index in [1.165, 1.54) is 6.42 Å². The van der Waals surface area contributed by atoms with Crippen molar-refractivity contribution in [2.45, 2.75) is 71.4 Å². The Morgan fingerprint density at radius 1 is 1.39 bits per heavy atom. The van der Waals surface area contributed by atoms with Crippen molar-refractivity contribution >= 4 is 28.5 Å². The smallest absolute Gasteiger partial charge is 0.240 e. The van der Waals surface area contributed by atoms with Crippen LogP contribution < -0.4 is 5.32 Å². The number of hydrogen-bond acceptors (Lipinski definition) is 5. The maximum Gasteiger partial charge on any atom is 0.240 e. The van der Waals surface area contributed by atoms with Crippen molar-refractivity contribution in [1.29, 1.82) is 0 Å². The second-order valence-corrected chi connectivity index (χ2v) is 11.6. The zero-order valence-corrected chi connectivity index (χ0v) is 21.0. The third-order valence-corrected chi connectivity index (χ3v) is 8.96. The molecule has 31 heavy (non-hydrogen) atoms. The standard InChI is InChI=1S/C24H35IN2O4/c1-13-18-9-16(24(18,3)4)10-19(13)26-23(30)22-21(14(2)29)20(12-28)31-27(22)11-15-6-5-7-17(25)8-15/h5-8,13-14,16,18-22,28-29H,9-12H2,1-4H3,(H,26,30)/t13-,14?,16+,18-,19-,20-,21+,22-/m0/s1. The van der Waals surface area contributed by atoms with Crippen molar-refractivity contribution in [1.82, 2.24) is 10.4 Å². The van der Waals surface area contributed by atoms with E-state index in [4.69, 9.17) is 4.84 Å². The van der Waals surface area contributed by atoms with Crippen LogP contribution in [0.15, 0.2) is 24.3 Å². The lowest BCUT2D eigenvalue weighted by Gasteiger charge is -2.62. The topological polar surface area (TPSA) is 82.0 Å². The first-order valence-electron chi connectivity index (χ1n) is 11.4. The Morgan fingerprint density at radius 2 is 2.13 bits per heavy atom. The molecule has 3 aliphatic carbocycles. The summed E-state index contributed by atoms with van der Waals surface area (Å²) in [4.78, 5) is 19.6. The summed E-state index contributed by atoms with van der Waals surface area (Å²) in [7, 11) is 0. The van der Waals surface area contributed by atoms with E-state index in [2.05, 4.69) is 54.7 Å². The lowest BCUT2D eigenvalue weighted by atomic mass is 9.45. The van der Waals surface area contributed by atoms with Gasteiger partial charge in [-0.15, -0.1) is 0 Å². The average molecular weight is 542 g/mol. The molecule has 5 rings (SSSR count). The van der Waals surface area contributed by atoms with E-state index in [0.717, 1.165) is 15.6 Å². The van der Waals surface area contributed by atoms with E-state index < -0.39 is 24.2 Å². The van der Waals surface area contributed by atoms with Gasteiger partial charge in [0.15, 0.2) is 0 Å². The molecule has 4 fully saturated rings. The van der Waals surface area contributed by atoms with Crippen LogP contribution in [0.1, 0.15) is 46.1 Å². The number of carbonyl (C=O) groups excluding carboxylic acids is 1. The van der Waals surface area contributed by atoms with Crippen LogP contribution in [0.2, 0.25) is 0 Å². The van der Waals surface area contributed by atoms with Gasteiger partial charge in [-0.25, -0.2) is 0 Å². The molecule has 0 spiro atoms. The lowest BCUT2D eigenvalue weighted by Crippen LogP contribution is -2.62.